The number of carbonyl (C=O) groups is 2. The third kappa shape index (κ3) is 3.07. The topological polar surface area (TPSA) is 104 Å². The molecule has 9 nitrogen and oxygen atoms in total. The number of amides is 2. The van der Waals surface area contributed by atoms with Crippen molar-refractivity contribution in [3.8, 4) is 11.4 Å². The molecule has 31 heavy (non-hydrogen) atoms. The predicted molar refractivity (Wildman–Crippen MR) is 106 cm³/mol. The summed E-state index contributed by atoms with van der Waals surface area (Å²) in [6, 6.07) is 9.90. The molecule has 1 saturated heterocycles. The lowest BCUT2D eigenvalue weighted by molar-refractivity contribution is -0.123. The van der Waals surface area contributed by atoms with Gasteiger partial charge in [0.25, 0.3) is 11.8 Å². The highest BCUT2D eigenvalue weighted by Gasteiger charge is 2.55. The molecule has 5 rings (SSSR count). The van der Waals surface area contributed by atoms with Gasteiger partial charge in [0.1, 0.15) is 12.4 Å². The Morgan fingerprint density at radius 2 is 1.87 bits per heavy atom. The first kappa shape index (κ1) is 19.0. The maximum absolute atomic E-state index is 14.0. The highest BCUT2D eigenvalue weighted by Crippen LogP contribution is 2.33. The molecule has 2 aliphatic rings. The maximum Gasteiger partial charge on any atom is 0.263 e. The van der Waals surface area contributed by atoms with Crippen LogP contribution in [0.15, 0.2) is 57.3 Å². The summed E-state index contributed by atoms with van der Waals surface area (Å²) in [7, 11) is 0. The molecule has 1 fully saturated rings. The minimum atomic E-state index is -0.990. The van der Waals surface area contributed by atoms with Crippen LogP contribution in [0.25, 0.3) is 11.4 Å². The molecule has 0 spiro atoms. The van der Waals surface area contributed by atoms with E-state index in [1.807, 2.05) is 31.2 Å². The molecule has 2 aliphatic heterocycles. The summed E-state index contributed by atoms with van der Waals surface area (Å²) >= 11 is 0. The van der Waals surface area contributed by atoms with Crippen LogP contribution in [-0.4, -0.2) is 39.0 Å². The van der Waals surface area contributed by atoms with Gasteiger partial charge in [-0.1, -0.05) is 40.7 Å². The summed E-state index contributed by atoms with van der Waals surface area (Å²) < 4.78 is 19.3. The van der Waals surface area contributed by atoms with E-state index in [0.717, 1.165) is 16.0 Å². The van der Waals surface area contributed by atoms with E-state index in [1.165, 1.54) is 23.2 Å². The van der Waals surface area contributed by atoms with Gasteiger partial charge in [-0.2, -0.15) is 10.1 Å². The zero-order valence-corrected chi connectivity index (χ0v) is 16.7. The highest BCUT2D eigenvalue weighted by atomic mass is 19.1. The van der Waals surface area contributed by atoms with Crippen LogP contribution < -0.4 is 4.90 Å². The summed E-state index contributed by atoms with van der Waals surface area (Å²) in [5.41, 5.74) is 2.42. The first-order chi connectivity index (χ1) is 14.9. The van der Waals surface area contributed by atoms with Crippen LogP contribution in [0.1, 0.15) is 17.0 Å². The van der Waals surface area contributed by atoms with Gasteiger partial charge >= 0.3 is 0 Å². The zero-order valence-electron chi connectivity index (χ0n) is 16.7. The van der Waals surface area contributed by atoms with Crippen molar-refractivity contribution in [1.82, 2.24) is 15.1 Å². The third-order valence-corrected chi connectivity index (χ3v) is 5.42. The molecular formula is C21H17FN6O3. The fourth-order valence-electron chi connectivity index (χ4n) is 3.72. The van der Waals surface area contributed by atoms with Crippen LogP contribution in [0.3, 0.4) is 0 Å². The Morgan fingerprint density at radius 3 is 2.65 bits per heavy atom. The molecule has 10 heteroatoms. The summed E-state index contributed by atoms with van der Waals surface area (Å²) in [6.07, 6.45) is 0. The molecule has 1 aromatic heterocycles. The van der Waals surface area contributed by atoms with Crippen LogP contribution in [0.4, 0.5) is 10.1 Å². The Bertz CT molecular complexity index is 1240. The average Bonchev–Trinajstić information content (AvgIpc) is 3.43. The van der Waals surface area contributed by atoms with Gasteiger partial charge < -0.3 is 4.52 Å². The van der Waals surface area contributed by atoms with E-state index in [2.05, 4.69) is 20.5 Å². The van der Waals surface area contributed by atoms with Crippen molar-refractivity contribution in [2.45, 2.75) is 32.5 Å². The molecule has 0 unspecified atom stereocenters. The predicted octanol–water partition coefficient (Wildman–Crippen LogP) is 2.99. The Kier molecular flexibility index (Phi) is 4.35. The molecule has 2 atom stereocenters. The maximum atomic E-state index is 14.0. The smallest absolute Gasteiger partial charge is 0.263 e. The fourth-order valence-corrected chi connectivity index (χ4v) is 3.72. The normalized spacial score (nSPS) is 20.1. The number of anilines is 1. The van der Waals surface area contributed by atoms with Crippen molar-refractivity contribution in [1.29, 1.82) is 0 Å². The molecule has 0 radical (unpaired) electrons. The van der Waals surface area contributed by atoms with Crippen molar-refractivity contribution in [2.75, 3.05) is 4.90 Å². The molecule has 3 heterocycles. The number of nitrogens with zero attached hydrogens (tertiary/aromatic N) is 6. The third-order valence-electron chi connectivity index (χ3n) is 5.42. The van der Waals surface area contributed by atoms with Gasteiger partial charge in [0, 0.05) is 5.56 Å². The Balaban J connectivity index is 1.38. The van der Waals surface area contributed by atoms with Gasteiger partial charge in [0.2, 0.25) is 11.7 Å². The number of benzene rings is 2. The lowest BCUT2D eigenvalue weighted by Gasteiger charge is -2.19. The summed E-state index contributed by atoms with van der Waals surface area (Å²) in [5.74, 6) is -0.912. The number of imide groups is 1. The lowest BCUT2D eigenvalue weighted by atomic mass is 10.1. The van der Waals surface area contributed by atoms with E-state index in [-0.39, 0.29) is 18.1 Å². The number of hydrogen-bond acceptors (Lipinski definition) is 8. The quantitative estimate of drug-likeness (QED) is 0.601. The molecule has 156 valence electrons. The Morgan fingerprint density at radius 1 is 1.06 bits per heavy atom. The number of carbonyl (C=O) groups excluding carboxylic acids is 2. The second-order valence-electron chi connectivity index (χ2n) is 7.46. The second-order valence-corrected chi connectivity index (χ2v) is 7.46. The number of aryl methyl sites for hydroxylation is 2. The van der Waals surface area contributed by atoms with E-state index >= 15 is 0 Å². The lowest BCUT2D eigenvalue weighted by Crippen LogP contribution is -2.39. The average molecular weight is 420 g/mol. The van der Waals surface area contributed by atoms with E-state index in [1.54, 1.807) is 6.92 Å². The first-order valence-corrected chi connectivity index (χ1v) is 9.64. The van der Waals surface area contributed by atoms with Gasteiger partial charge in [-0.25, -0.2) is 9.29 Å². The monoisotopic (exact) mass is 420 g/mol. The Hall–Kier alpha value is -3.95. The highest BCUT2D eigenvalue weighted by molar-refractivity contribution is 6.25. The molecule has 2 aromatic carbocycles. The molecule has 3 aromatic rings. The van der Waals surface area contributed by atoms with Crippen molar-refractivity contribution in [2.24, 2.45) is 10.3 Å². The SMILES string of the molecule is Cc1ccc(N2C(=O)[C@@H]3[C@@H](N=NN3Cc3nc(-c4ccccc4C)no3)C2=O)cc1F. The van der Waals surface area contributed by atoms with Crippen LogP contribution in [0.5, 0.6) is 0 Å². The summed E-state index contributed by atoms with van der Waals surface area (Å²) in [4.78, 5) is 31.1. The van der Waals surface area contributed by atoms with E-state index in [9.17, 15) is 14.0 Å². The number of fused-ring (bicyclic) bond motifs is 1. The molecule has 0 bridgehead atoms. The van der Waals surface area contributed by atoms with Gasteiger partial charge in [-0.3, -0.25) is 14.6 Å². The van der Waals surface area contributed by atoms with E-state index in [0.29, 0.717) is 11.4 Å². The molecular weight excluding hydrogens is 403 g/mol. The molecule has 0 aliphatic carbocycles. The summed E-state index contributed by atoms with van der Waals surface area (Å²) in [6.45, 7) is 3.56. The Labute approximate surface area is 176 Å². The van der Waals surface area contributed by atoms with Crippen molar-refractivity contribution in [3.05, 3.63) is 65.3 Å². The van der Waals surface area contributed by atoms with Crippen molar-refractivity contribution < 1.29 is 18.5 Å². The van der Waals surface area contributed by atoms with Crippen LogP contribution in [0, 0.1) is 19.7 Å². The largest absolute Gasteiger partial charge is 0.337 e. The minimum absolute atomic E-state index is 0.0126. The minimum Gasteiger partial charge on any atom is -0.337 e. The number of hydrogen-bond donors (Lipinski definition) is 0. The van der Waals surface area contributed by atoms with Crippen LogP contribution in [-0.2, 0) is 16.1 Å². The standard InChI is InChI=1S/C21H17FN6O3/c1-11-5-3-4-6-14(11)19-23-16(31-25-19)10-27-18-17(24-26-27)20(29)28(21(18)30)13-8-7-12(2)15(22)9-13/h3-9,17-18H,10H2,1-2H3/t17-,18+/m1/s1. The molecule has 0 N–H and O–H groups in total. The van der Waals surface area contributed by atoms with Gasteiger partial charge in [0.15, 0.2) is 12.1 Å². The second kappa shape index (κ2) is 7.08. The van der Waals surface area contributed by atoms with E-state index < -0.39 is 29.7 Å². The number of rotatable bonds is 4. The fraction of sp³-hybridized carbons (Fsp3) is 0.238. The molecule has 2 amide bonds. The van der Waals surface area contributed by atoms with Crippen LogP contribution in [0.2, 0.25) is 0 Å². The first-order valence-electron chi connectivity index (χ1n) is 9.64. The van der Waals surface area contributed by atoms with Crippen molar-refractivity contribution in [3.63, 3.8) is 0 Å². The number of aromatic nitrogens is 2. The van der Waals surface area contributed by atoms with Gasteiger partial charge in [-0.15, -0.1) is 0 Å². The van der Waals surface area contributed by atoms with Crippen LogP contribution >= 0.6 is 0 Å². The zero-order chi connectivity index (χ0) is 21.7. The van der Waals surface area contributed by atoms with Crippen molar-refractivity contribution >= 4 is 17.5 Å². The van der Waals surface area contributed by atoms with Gasteiger partial charge in [-0.05, 0) is 37.1 Å². The van der Waals surface area contributed by atoms with E-state index in [4.69, 9.17) is 4.52 Å². The van der Waals surface area contributed by atoms with Gasteiger partial charge in [0.05, 0.1) is 5.69 Å². The number of halogens is 1. The summed E-state index contributed by atoms with van der Waals surface area (Å²) in [5, 5.41) is 13.3. The molecule has 0 saturated carbocycles.